The van der Waals surface area contributed by atoms with Crippen molar-refractivity contribution < 1.29 is 10.3 Å². The maximum atomic E-state index is 8.36. The zero-order chi connectivity index (χ0) is 16.2. The van der Waals surface area contributed by atoms with Crippen LogP contribution in [0.2, 0.25) is 0 Å². The monoisotopic (exact) mass is 340 g/mol. The second kappa shape index (κ2) is 10.0. The lowest BCUT2D eigenvalue weighted by atomic mass is 10.5. The van der Waals surface area contributed by atoms with Crippen LogP contribution in [0.5, 0.6) is 0 Å². The quantitative estimate of drug-likeness (QED) is 0.337. The summed E-state index contributed by atoms with van der Waals surface area (Å²) in [6.45, 7) is 0. The summed E-state index contributed by atoms with van der Waals surface area (Å²) in [6.07, 6.45) is 3.32. The van der Waals surface area contributed by atoms with Crippen molar-refractivity contribution in [2.75, 3.05) is 0 Å². The van der Waals surface area contributed by atoms with Gasteiger partial charge in [-0.3, -0.25) is 0 Å². The Balaban J connectivity index is 0.000000541. The summed E-state index contributed by atoms with van der Waals surface area (Å²) in [6, 6.07) is 7.80. The molecule has 116 valence electrons. The van der Waals surface area contributed by atoms with Crippen LogP contribution >= 0.6 is 22.7 Å². The number of hydrazone groups is 1. The molecule has 0 unspecified atom stereocenters. The number of nitrogens with zero attached hydrogens (tertiary/aromatic N) is 4. The van der Waals surface area contributed by atoms with Gasteiger partial charge in [0.25, 0.3) is 5.09 Å². The predicted molar refractivity (Wildman–Crippen MR) is 87.4 cm³/mol. The Morgan fingerprint density at radius 1 is 1.27 bits per heavy atom. The summed E-state index contributed by atoms with van der Waals surface area (Å²) in [5, 5.41) is 29.1. The van der Waals surface area contributed by atoms with E-state index in [9.17, 15) is 0 Å². The van der Waals surface area contributed by atoms with E-state index in [4.69, 9.17) is 21.1 Å². The zero-order valence-electron chi connectivity index (χ0n) is 11.1. The highest BCUT2D eigenvalue weighted by atomic mass is 32.1. The molecule has 0 amide bonds. The molecule has 9 nitrogen and oxygen atoms in total. The number of hydrogen-bond acceptors (Lipinski definition) is 7. The molecule has 0 aliphatic heterocycles. The summed E-state index contributed by atoms with van der Waals surface area (Å²) in [4.78, 5) is 10.4. The van der Waals surface area contributed by atoms with E-state index in [1.165, 1.54) is 0 Å². The van der Waals surface area contributed by atoms with Crippen LogP contribution in [0.4, 0.5) is 0 Å². The van der Waals surface area contributed by atoms with E-state index < -0.39 is 5.09 Å². The summed E-state index contributed by atoms with van der Waals surface area (Å²) < 4.78 is 0. The van der Waals surface area contributed by atoms with Gasteiger partial charge in [-0.1, -0.05) is 12.1 Å². The minimum Gasteiger partial charge on any atom is -0.367 e. The first-order chi connectivity index (χ1) is 10.6. The molecule has 2 rings (SSSR count). The van der Waals surface area contributed by atoms with Crippen LogP contribution in [0.1, 0.15) is 9.75 Å². The van der Waals surface area contributed by atoms with Crippen LogP contribution in [-0.4, -0.2) is 28.7 Å². The van der Waals surface area contributed by atoms with Crippen molar-refractivity contribution in [1.82, 2.24) is 5.43 Å². The number of nitrogens with two attached hydrogens (primary N) is 1. The lowest BCUT2D eigenvalue weighted by Gasteiger charge is -1.94. The lowest BCUT2D eigenvalue weighted by molar-refractivity contribution is -0.742. The summed E-state index contributed by atoms with van der Waals surface area (Å²) in [5.41, 5.74) is 8.17. The van der Waals surface area contributed by atoms with Crippen molar-refractivity contribution in [3.05, 3.63) is 54.9 Å². The molecule has 0 aliphatic carbocycles. The summed E-state index contributed by atoms with van der Waals surface area (Å²) in [7, 11) is 0. The Hall–Kier alpha value is -2.79. The van der Waals surface area contributed by atoms with Crippen LogP contribution in [-0.2, 0) is 0 Å². The van der Waals surface area contributed by atoms with Gasteiger partial charge in [0.2, 0.25) is 5.96 Å². The van der Waals surface area contributed by atoms with E-state index >= 15 is 0 Å². The molecule has 0 saturated carbocycles. The zero-order valence-corrected chi connectivity index (χ0v) is 12.7. The van der Waals surface area contributed by atoms with E-state index in [2.05, 4.69) is 20.7 Å². The van der Waals surface area contributed by atoms with Crippen molar-refractivity contribution in [1.29, 1.82) is 0 Å². The topological polar surface area (TPSA) is 138 Å². The minimum absolute atomic E-state index is 0.149. The van der Waals surface area contributed by atoms with Crippen LogP contribution < -0.4 is 11.2 Å². The maximum Gasteiger partial charge on any atom is 0.291 e. The fourth-order valence-corrected chi connectivity index (χ4v) is 2.23. The molecule has 0 aromatic carbocycles. The van der Waals surface area contributed by atoms with Crippen LogP contribution in [0, 0.1) is 10.1 Å². The number of hydrogen-bond donors (Lipinski definition) is 3. The lowest BCUT2D eigenvalue weighted by Crippen LogP contribution is -2.26. The first kappa shape index (κ1) is 17.3. The summed E-state index contributed by atoms with van der Waals surface area (Å²) in [5.74, 6) is 0.149. The molecule has 0 bridgehead atoms. The first-order valence-corrected chi connectivity index (χ1v) is 7.39. The molecule has 2 aromatic heterocycles. The molecular formula is C11H12N6O3S2. The molecule has 2 heterocycles. The summed E-state index contributed by atoms with van der Waals surface area (Å²) >= 11 is 3.18. The second-order valence-electron chi connectivity index (χ2n) is 3.37. The average molecular weight is 340 g/mol. The van der Waals surface area contributed by atoms with Gasteiger partial charge in [-0.05, 0) is 22.9 Å². The molecular weight excluding hydrogens is 328 g/mol. The molecule has 0 saturated heterocycles. The largest absolute Gasteiger partial charge is 0.367 e. The van der Waals surface area contributed by atoms with E-state index in [0.717, 1.165) is 9.75 Å². The normalized spacial score (nSPS) is 11.4. The third-order valence-corrected chi connectivity index (χ3v) is 3.42. The van der Waals surface area contributed by atoms with Crippen molar-refractivity contribution in [2.45, 2.75) is 0 Å². The van der Waals surface area contributed by atoms with Crippen molar-refractivity contribution in [3.8, 4) is 0 Å². The van der Waals surface area contributed by atoms with Gasteiger partial charge in [0, 0.05) is 9.75 Å². The number of nitrogens with one attached hydrogen (secondary N) is 1. The Kier molecular flexibility index (Phi) is 7.86. The molecule has 0 fully saturated rings. The molecule has 2 aromatic rings. The molecule has 0 radical (unpaired) electrons. The van der Waals surface area contributed by atoms with E-state index in [1.807, 2.05) is 35.0 Å². The van der Waals surface area contributed by atoms with Gasteiger partial charge in [0.15, 0.2) is 0 Å². The smallest absolute Gasteiger partial charge is 0.291 e. The van der Waals surface area contributed by atoms with E-state index in [-0.39, 0.29) is 5.96 Å². The highest BCUT2D eigenvalue weighted by Crippen LogP contribution is 2.05. The number of rotatable bonds is 4. The highest BCUT2D eigenvalue weighted by molar-refractivity contribution is 7.12. The molecule has 11 heteroatoms. The highest BCUT2D eigenvalue weighted by Gasteiger charge is 1.89. The Bertz CT molecular complexity index is 633. The fourth-order valence-electron chi connectivity index (χ4n) is 1.06. The standard InChI is InChI=1S/C11H11N5S2.HNO3/c12-11(15-13-7-9-3-1-5-17-9)16-14-8-10-4-2-6-18-10;2-1(3)4/h1-8H,(H3,12,15,16);(H,2,3,4)/b13-7-,14-8+;. The van der Waals surface area contributed by atoms with E-state index in [0.29, 0.717) is 0 Å². The van der Waals surface area contributed by atoms with Crippen molar-refractivity contribution in [2.24, 2.45) is 21.0 Å². The van der Waals surface area contributed by atoms with Gasteiger partial charge >= 0.3 is 0 Å². The predicted octanol–water partition coefficient (Wildman–Crippen LogP) is 1.73. The molecule has 4 N–H and O–H groups in total. The van der Waals surface area contributed by atoms with Crippen LogP contribution in [0.25, 0.3) is 0 Å². The molecule has 0 aliphatic rings. The van der Waals surface area contributed by atoms with Gasteiger partial charge in [-0.15, -0.1) is 37.9 Å². The van der Waals surface area contributed by atoms with Gasteiger partial charge < -0.3 is 10.9 Å². The third kappa shape index (κ3) is 8.39. The average Bonchev–Trinajstić information content (AvgIpc) is 3.11. The molecule has 0 atom stereocenters. The SMILES string of the molecule is N/C(=N\N=C/c1cccs1)N/N=C/c1cccs1.O=[N+]([O-])O. The Morgan fingerprint density at radius 2 is 1.82 bits per heavy atom. The number of guanidine groups is 1. The first-order valence-electron chi connectivity index (χ1n) is 5.64. The number of thiophene rings is 2. The van der Waals surface area contributed by atoms with Gasteiger partial charge in [0.05, 0.1) is 12.4 Å². The van der Waals surface area contributed by atoms with Crippen molar-refractivity contribution >= 4 is 41.1 Å². The van der Waals surface area contributed by atoms with Crippen LogP contribution in [0.3, 0.4) is 0 Å². The second-order valence-corrected chi connectivity index (χ2v) is 5.33. The van der Waals surface area contributed by atoms with Gasteiger partial charge in [-0.25, -0.2) is 5.43 Å². The minimum atomic E-state index is -1.50. The van der Waals surface area contributed by atoms with Crippen LogP contribution in [0.15, 0.2) is 50.3 Å². The van der Waals surface area contributed by atoms with E-state index in [1.54, 1.807) is 35.1 Å². The van der Waals surface area contributed by atoms with Crippen molar-refractivity contribution in [3.63, 3.8) is 0 Å². The molecule has 22 heavy (non-hydrogen) atoms. The van der Waals surface area contributed by atoms with Gasteiger partial charge in [-0.2, -0.15) is 10.2 Å². The third-order valence-electron chi connectivity index (χ3n) is 1.81. The fraction of sp³-hybridized carbons (Fsp3) is 0. The Labute approximate surface area is 133 Å². The Morgan fingerprint density at radius 3 is 2.32 bits per heavy atom. The van der Waals surface area contributed by atoms with Gasteiger partial charge in [0.1, 0.15) is 0 Å². The maximum absolute atomic E-state index is 8.36. The molecule has 0 spiro atoms.